The molecule has 1 aliphatic heterocycles. The first-order valence-electron chi connectivity index (χ1n) is 8.42. The van der Waals surface area contributed by atoms with Crippen molar-refractivity contribution in [2.75, 3.05) is 34.4 Å². The van der Waals surface area contributed by atoms with Crippen LogP contribution in [0.4, 0.5) is 0 Å². The molecule has 0 radical (unpaired) electrons. The maximum Gasteiger partial charge on any atom is 0.341 e. The topological polar surface area (TPSA) is 94.5 Å². The number of carbonyl (C=O) groups is 1. The van der Waals surface area contributed by atoms with Gasteiger partial charge in [0, 0.05) is 18.7 Å². The molecule has 0 saturated heterocycles. The summed E-state index contributed by atoms with van der Waals surface area (Å²) in [7, 11) is 0.977. The number of rotatable bonds is 6. The normalized spacial score (nSPS) is 14.0. The number of ether oxygens (including phenoxy) is 3. The van der Waals surface area contributed by atoms with Crippen LogP contribution in [0.25, 0.3) is 0 Å². The number of fused-ring (bicyclic) bond motifs is 1. The van der Waals surface area contributed by atoms with Crippen LogP contribution in [0.1, 0.15) is 15.9 Å². The van der Waals surface area contributed by atoms with Crippen LogP contribution in [-0.2, 0) is 14.8 Å². The fraction of sp³-hybridized carbons (Fsp3) is 0.263. The van der Waals surface area contributed by atoms with Crippen LogP contribution < -0.4 is 9.47 Å². The maximum atomic E-state index is 12.3. The van der Waals surface area contributed by atoms with Crippen molar-refractivity contribution < 1.29 is 27.4 Å². The molecule has 2 aromatic carbocycles. The van der Waals surface area contributed by atoms with Gasteiger partial charge in [-0.1, -0.05) is 12.1 Å². The Kier molecular flexibility index (Phi) is 5.55. The van der Waals surface area contributed by atoms with Crippen molar-refractivity contribution in [3.63, 3.8) is 0 Å². The Balaban J connectivity index is 1.65. The van der Waals surface area contributed by atoms with E-state index < -0.39 is 16.0 Å². The minimum atomic E-state index is -3.69. The van der Waals surface area contributed by atoms with Gasteiger partial charge >= 0.3 is 5.97 Å². The third-order valence-electron chi connectivity index (χ3n) is 4.26. The van der Waals surface area contributed by atoms with E-state index in [9.17, 15) is 13.2 Å². The zero-order valence-electron chi connectivity index (χ0n) is 15.7. The molecular weight excluding hydrogens is 384 g/mol. The molecule has 0 aliphatic carbocycles. The molecule has 9 heteroatoms. The highest BCUT2D eigenvalue weighted by Gasteiger charge is 2.30. The van der Waals surface area contributed by atoms with E-state index in [0.29, 0.717) is 22.9 Å². The van der Waals surface area contributed by atoms with E-state index in [2.05, 4.69) is 4.40 Å². The second kappa shape index (κ2) is 7.89. The Morgan fingerprint density at radius 2 is 1.86 bits per heavy atom. The van der Waals surface area contributed by atoms with E-state index in [0.717, 1.165) is 0 Å². The van der Waals surface area contributed by atoms with E-state index in [1.54, 1.807) is 48.3 Å². The predicted octanol–water partition coefficient (Wildman–Crippen LogP) is 1.94. The highest BCUT2D eigenvalue weighted by atomic mass is 32.2. The number of nitrogens with zero attached hydrogens (tertiary/aromatic N) is 2. The molecule has 0 unspecified atom stereocenters. The largest absolute Gasteiger partial charge is 0.497 e. The van der Waals surface area contributed by atoms with Gasteiger partial charge in [-0.05, 0) is 24.3 Å². The molecule has 1 heterocycles. The molecular formula is C19H20N2O6S. The van der Waals surface area contributed by atoms with Crippen molar-refractivity contribution in [3.8, 4) is 11.5 Å². The van der Waals surface area contributed by atoms with Crippen molar-refractivity contribution >= 4 is 21.8 Å². The van der Waals surface area contributed by atoms with Gasteiger partial charge in [-0.15, -0.1) is 4.40 Å². The van der Waals surface area contributed by atoms with Gasteiger partial charge in [-0.25, -0.2) is 4.79 Å². The van der Waals surface area contributed by atoms with Crippen LogP contribution in [0, 0.1) is 0 Å². The van der Waals surface area contributed by atoms with Crippen molar-refractivity contribution in [3.05, 3.63) is 53.6 Å². The molecule has 0 fully saturated rings. The quantitative estimate of drug-likeness (QED) is 0.679. The molecule has 8 nitrogen and oxygen atoms in total. The number of esters is 1. The summed E-state index contributed by atoms with van der Waals surface area (Å²) in [6, 6.07) is 11.4. The molecule has 2 aromatic rings. The van der Waals surface area contributed by atoms with Crippen LogP contribution in [0.2, 0.25) is 0 Å². The van der Waals surface area contributed by atoms with Gasteiger partial charge in [0.15, 0.2) is 5.84 Å². The van der Waals surface area contributed by atoms with Crippen molar-refractivity contribution in [1.82, 2.24) is 4.90 Å². The zero-order valence-corrected chi connectivity index (χ0v) is 16.5. The molecule has 0 spiro atoms. The molecule has 0 atom stereocenters. The van der Waals surface area contributed by atoms with Crippen molar-refractivity contribution in [1.29, 1.82) is 0 Å². The molecule has 0 bridgehead atoms. The van der Waals surface area contributed by atoms with Gasteiger partial charge in [-0.3, -0.25) is 0 Å². The summed E-state index contributed by atoms with van der Waals surface area (Å²) in [5.74, 6) is 0.688. The molecule has 3 rings (SSSR count). The SMILES string of the molecule is COc1ccc(C(=O)OCCN(C)C2=NS(=O)(=O)c3ccccc32)c(OC)c1. The number of hydrogen-bond acceptors (Lipinski definition) is 7. The Hall–Kier alpha value is -3.07. The number of hydrogen-bond donors (Lipinski definition) is 0. The highest BCUT2D eigenvalue weighted by molar-refractivity contribution is 7.90. The van der Waals surface area contributed by atoms with E-state index in [1.165, 1.54) is 20.3 Å². The molecule has 1 aliphatic rings. The predicted molar refractivity (Wildman–Crippen MR) is 103 cm³/mol. The van der Waals surface area contributed by atoms with Gasteiger partial charge < -0.3 is 19.1 Å². The van der Waals surface area contributed by atoms with Gasteiger partial charge in [0.2, 0.25) is 0 Å². The first kappa shape index (κ1) is 19.7. The summed E-state index contributed by atoms with van der Waals surface area (Å²) in [4.78, 5) is 14.2. The molecule has 148 valence electrons. The van der Waals surface area contributed by atoms with E-state index in [1.807, 2.05) is 0 Å². The van der Waals surface area contributed by atoms with Crippen LogP contribution in [0.15, 0.2) is 51.8 Å². The Labute approximate surface area is 163 Å². The third-order valence-corrected chi connectivity index (χ3v) is 5.59. The van der Waals surface area contributed by atoms with E-state index >= 15 is 0 Å². The lowest BCUT2D eigenvalue weighted by molar-refractivity contribution is 0.0488. The number of amidine groups is 1. The number of sulfonamides is 1. The maximum absolute atomic E-state index is 12.3. The van der Waals surface area contributed by atoms with E-state index in [4.69, 9.17) is 14.2 Å². The number of methoxy groups -OCH3 is 2. The Morgan fingerprint density at radius 1 is 1.11 bits per heavy atom. The van der Waals surface area contributed by atoms with Crippen molar-refractivity contribution in [2.24, 2.45) is 4.40 Å². The molecule has 0 aromatic heterocycles. The lowest BCUT2D eigenvalue weighted by Gasteiger charge is -2.19. The fourth-order valence-corrected chi connectivity index (χ4v) is 4.04. The van der Waals surface area contributed by atoms with Gasteiger partial charge in [-0.2, -0.15) is 8.42 Å². The van der Waals surface area contributed by atoms with Gasteiger partial charge in [0.25, 0.3) is 10.0 Å². The second-order valence-electron chi connectivity index (χ2n) is 6.01. The fourth-order valence-electron chi connectivity index (χ4n) is 2.79. The second-order valence-corrected chi connectivity index (χ2v) is 7.58. The van der Waals surface area contributed by atoms with Crippen LogP contribution in [0.3, 0.4) is 0 Å². The standard InChI is InChI=1S/C19H20N2O6S/c1-21(18-15-6-4-5-7-17(15)28(23,24)20-18)10-11-27-19(22)14-9-8-13(25-2)12-16(14)26-3/h4-9,12H,10-11H2,1-3H3. The summed E-state index contributed by atoms with van der Waals surface area (Å²) < 4.78 is 43.7. The zero-order chi connectivity index (χ0) is 20.3. The summed E-state index contributed by atoms with van der Waals surface area (Å²) >= 11 is 0. The third kappa shape index (κ3) is 3.79. The first-order valence-corrected chi connectivity index (χ1v) is 9.86. The summed E-state index contributed by atoms with van der Waals surface area (Å²) in [6.45, 7) is 0.318. The summed E-state index contributed by atoms with van der Waals surface area (Å²) in [5, 5.41) is 0. The molecule has 0 saturated carbocycles. The smallest absolute Gasteiger partial charge is 0.341 e. The first-order chi connectivity index (χ1) is 13.4. The average Bonchev–Trinajstić information content (AvgIpc) is 2.98. The van der Waals surface area contributed by atoms with Crippen LogP contribution >= 0.6 is 0 Å². The van der Waals surface area contributed by atoms with E-state index in [-0.39, 0.29) is 23.6 Å². The summed E-state index contributed by atoms with van der Waals surface area (Å²) in [5.41, 5.74) is 0.810. The van der Waals surface area contributed by atoms with Crippen molar-refractivity contribution in [2.45, 2.75) is 4.90 Å². The van der Waals surface area contributed by atoms with Gasteiger partial charge in [0.05, 0.1) is 20.8 Å². The highest BCUT2D eigenvalue weighted by Crippen LogP contribution is 2.27. The lowest BCUT2D eigenvalue weighted by atomic mass is 10.2. The number of benzene rings is 2. The Bertz CT molecular complexity index is 1030. The molecule has 0 amide bonds. The van der Waals surface area contributed by atoms with Crippen LogP contribution in [-0.4, -0.2) is 59.5 Å². The number of carbonyl (C=O) groups excluding carboxylic acids is 1. The van der Waals surface area contributed by atoms with Crippen LogP contribution in [0.5, 0.6) is 11.5 Å². The molecule has 0 N–H and O–H groups in total. The minimum Gasteiger partial charge on any atom is -0.497 e. The Morgan fingerprint density at radius 3 is 2.57 bits per heavy atom. The minimum absolute atomic E-state index is 0.0474. The summed E-state index contributed by atoms with van der Waals surface area (Å²) in [6.07, 6.45) is 0. The average molecular weight is 404 g/mol. The lowest BCUT2D eigenvalue weighted by Crippen LogP contribution is -2.30. The molecule has 28 heavy (non-hydrogen) atoms. The van der Waals surface area contributed by atoms with Gasteiger partial charge in [0.1, 0.15) is 28.6 Å². The number of likely N-dealkylation sites (N-methyl/N-ethyl adjacent to an activating group) is 1. The monoisotopic (exact) mass is 404 g/mol.